The Bertz CT molecular complexity index is 495. The molecular weight excluding hydrogens is 286 g/mol. The number of nitrogens with one attached hydrogen (secondary N) is 1. The molecular formula is C16H21NO3S. The normalized spacial score (nSPS) is 11.0. The predicted molar refractivity (Wildman–Crippen MR) is 87.5 cm³/mol. The van der Waals surface area contributed by atoms with Gasteiger partial charge in [-0.2, -0.15) is 0 Å². The molecule has 0 spiro atoms. The number of carboxylic acid groups (broad SMARTS) is 1. The predicted octanol–water partition coefficient (Wildman–Crippen LogP) is 2.76. The molecule has 0 radical (unpaired) electrons. The minimum absolute atomic E-state index is 0.0634. The van der Waals surface area contributed by atoms with Gasteiger partial charge in [0.2, 0.25) is 5.91 Å². The van der Waals surface area contributed by atoms with E-state index in [1.54, 1.807) is 6.08 Å². The van der Waals surface area contributed by atoms with Gasteiger partial charge < -0.3 is 10.4 Å². The van der Waals surface area contributed by atoms with E-state index in [0.29, 0.717) is 18.2 Å². The molecule has 0 aliphatic rings. The van der Waals surface area contributed by atoms with Crippen LogP contribution in [0.25, 0.3) is 6.08 Å². The first-order valence-corrected chi connectivity index (χ1v) is 8.00. The van der Waals surface area contributed by atoms with E-state index < -0.39 is 5.97 Å². The Balaban J connectivity index is 2.31. The van der Waals surface area contributed by atoms with E-state index in [4.69, 9.17) is 5.11 Å². The van der Waals surface area contributed by atoms with E-state index in [2.05, 4.69) is 31.3 Å². The summed E-state index contributed by atoms with van der Waals surface area (Å²) in [6.45, 7) is 4.74. The Morgan fingerprint density at radius 3 is 2.52 bits per heavy atom. The maximum Gasteiger partial charge on any atom is 0.313 e. The first kappa shape index (κ1) is 17.3. The summed E-state index contributed by atoms with van der Waals surface area (Å²) in [6, 6.07) is 8.10. The van der Waals surface area contributed by atoms with Crippen molar-refractivity contribution >= 4 is 29.7 Å². The zero-order chi connectivity index (χ0) is 15.7. The molecule has 0 saturated heterocycles. The van der Waals surface area contributed by atoms with Crippen molar-refractivity contribution in [3.63, 3.8) is 0 Å². The number of benzene rings is 1. The molecule has 0 aromatic heterocycles. The summed E-state index contributed by atoms with van der Waals surface area (Å²) in [5.74, 6) is 0.146. The molecule has 0 heterocycles. The molecule has 0 saturated carbocycles. The molecule has 0 aliphatic carbocycles. The highest BCUT2D eigenvalue weighted by molar-refractivity contribution is 7.99. The maximum atomic E-state index is 11.6. The quantitative estimate of drug-likeness (QED) is 0.572. The lowest BCUT2D eigenvalue weighted by molar-refractivity contribution is -0.133. The summed E-state index contributed by atoms with van der Waals surface area (Å²) >= 11 is 1.28. The monoisotopic (exact) mass is 307 g/mol. The van der Waals surface area contributed by atoms with E-state index in [1.165, 1.54) is 23.4 Å². The zero-order valence-corrected chi connectivity index (χ0v) is 13.2. The fourth-order valence-corrected chi connectivity index (χ4v) is 2.19. The first-order valence-electron chi connectivity index (χ1n) is 6.84. The van der Waals surface area contributed by atoms with Crippen LogP contribution in [-0.2, 0) is 9.59 Å². The SMILES string of the molecule is CC(C)c1ccc(/C=C/C(=O)NCCSCC(=O)O)cc1. The lowest BCUT2D eigenvalue weighted by Gasteiger charge is -2.04. The smallest absolute Gasteiger partial charge is 0.313 e. The average Bonchev–Trinajstić information content (AvgIpc) is 2.44. The molecule has 0 unspecified atom stereocenters. The fraction of sp³-hybridized carbons (Fsp3) is 0.375. The van der Waals surface area contributed by atoms with E-state index >= 15 is 0 Å². The number of amides is 1. The van der Waals surface area contributed by atoms with E-state index in [0.717, 1.165) is 5.56 Å². The van der Waals surface area contributed by atoms with Gasteiger partial charge in [-0.25, -0.2) is 0 Å². The molecule has 4 nitrogen and oxygen atoms in total. The van der Waals surface area contributed by atoms with Gasteiger partial charge >= 0.3 is 5.97 Å². The average molecular weight is 307 g/mol. The van der Waals surface area contributed by atoms with Crippen molar-refractivity contribution in [3.05, 3.63) is 41.5 Å². The second kappa shape index (κ2) is 9.23. The van der Waals surface area contributed by atoms with Gasteiger partial charge in [-0.05, 0) is 23.1 Å². The summed E-state index contributed by atoms with van der Waals surface area (Å²) in [5, 5.41) is 11.2. The Labute approximate surface area is 129 Å². The number of hydrogen-bond donors (Lipinski definition) is 2. The summed E-state index contributed by atoms with van der Waals surface area (Å²) in [5.41, 5.74) is 2.25. The highest BCUT2D eigenvalue weighted by Crippen LogP contribution is 2.15. The molecule has 21 heavy (non-hydrogen) atoms. The van der Waals surface area contributed by atoms with Gasteiger partial charge in [0.15, 0.2) is 0 Å². The zero-order valence-electron chi connectivity index (χ0n) is 12.3. The third kappa shape index (κ3) is 7.56. The number of carbonyl (C=O) groups is 2. The summed E-state index contributed by atoms with van der Waals surface area (Å²) in [6.07, 6.45) is 3.26. The summed E-state index contributed by atoms with van der Waals surface area (Å²) in [7, 11) is 0. The number of aliphatic carboxylic acids is 1. The third-order valence-electron chi connectivity index (χ3n) is 2.80. The molecule has 1 aromatic rings. The topological polar surface area (TPSA) is 66.4 Å². The molecule has 0 aliphatic heterocycles. The largest absolute Gasteiger partial charge is 0.481 e. The van der Waals surface area contributed by atoms with Crippen molar-refractivity contribution in [1.82, 2.24) is 5.32 Å². The van der Waals surface area contributed by atoms with Crippen LogP contribution in [0.1, 0.15) is 30.9 Å². The molecule has 0 atom stereocenters. The van der Waals surface area contributed by atoms with Crippen molar-refractivity contribution in [1.29, 1.82) is 0 Å². The van der Waals surface area contributed by atoms with E-state index in [-0.39, 0.29) is 11.7 Å². The molecule has 2 N–H and O–H groups in total. The number of carbonyl (C=O) groups excluding carboxylic acids is 1. The molecule has 0 fully saturated rings. The van der Waals surface area contributed by atoms with Gasteiger partial charge in [-0.15, -0.1) is 11.8 Å². The van der Waals surface area contributed by atoms with Crippen LogP contribution >= 0.6 is 11.8 Å². The Kier molecular flexibility index (Phi) is 7.61. The third-order valence-corrected chi connectivity index (χ3v) is 3.75. The van der Waals surface area contributed by atoms with Crippen LogP contribution in [0.4, 0.5) is 0 Å². The lowest BCUT2D eigenvalue weighted by atomic mass is 10.0. The van der Waals surface area contributed by atoms with Gasteiger partial charge in [-0.1, -0.05) is 38.1 Å². The lowest BCUT2D eigenvalue weighted by Crippen LogP contribution is -2.23. The van der Waals surface area contributed by atoms with Crippen LogP contribution < -0.4 is 5.32 Å². The van der Waals surface area contributed by atoms with Crippen LogP contribution in [0.3, 0.4) is 0 Å². The number of rotatable bonds is 8. The van der Waals surface area contributed by atoms with Gasteiger partial charge in [-0.3, -0.25) is 9.59 Å². The van der Waals surface area contributed by atoms with Crippen molar-refractivity contribution in [2.45, 2.75) is 19.8 Å². The Morgan fingerprint density at radius 2 is 1.95 bits per heavy atom. The molecule has 114 valence electrons. The first-order chi connectivity index (χ1) is 9.99. The van der Waals surface area contributed by atoms with Crippen LogP contribution in [0, 0.1) is 0 Å². The summed E-state index contributed by atoms with van der Waals surface area (Å²) < 4.78 is 0. The standard InChI is InChI=1S/C16H21NO3S/c1-12(2)14-6-3-13(4-7-14)5-8-15(18)17-9-10-21-11-16(19)20/h3-8,12H,9-11H2,1-2H3,(H,17,18)(H,19,20)/b8-5+. The number of carboxylic acids is 1. The molecule has 1 aromatic carbocycles. The van der Waals surface area contributed by atoms with Crippen LogP contribution in [0.15, 0.2) is 30.3 Å². The highest BCUT2D eigenvalue weighted by Gasteiger charge is 1.99. The second-order valence-electron chi connectivity index (χ2n) is 4.89. The Hall–Kier alpha value is -1.75. The van der Waals surface area contributed by atoms with E-state index in [1.807, 2.05) is 12.1 Å². The van der Waals surface area contributed by atoms with Crippen molar-refractivity contribution < 1.29 is 14.7 Å². The van der Waals surface area contributed by atoms with Gasteiger partial charge in [0, 0.05) is 18.4 Å². The highest BCUT2D eigenvalue weighted by atomic mass is 32.2. The molecule has 1 rings (SSSR count). The van der Waals surface area contributed by atoms with Crippen molar-refractivity contribution in [3.8, 4) is 0 Å². The van der Waals surface area contributed by atoms with Crippen LogP contribution in [0.5, 0.6) is 0 Å². The van der Waals surface area contributed by atoms with E-state index in [9.17, 15) is 9.59 Å². The second-order valence-corrected chi connectivity index (χ2v) is 6.00. The molecule has 5 heteroatoms. The van der Waals surface area contributed by atoms with Gasteiger partial charge in [0.05, 0.1) is 5.75 Å². The van der Waals surface area contributed by atoms with Crippen LogP contribution in [0.2, 0.25) is 0 Å². The number of thioether (sulfide) groups is 1. The Morgan fingerprint density at radius 1 is 1.29 bits per heavy atom. The minimum Gasteiger partial charge on any atom is -0.481 e. The van der Waals surface area contributed by atoms with Gasteiger partial charge in [0.25, 0.3) is 0 Å². The molecule has 0 bridgehead atoms. The fourth-order valence-electron chi connectivity index (χ4n) is 1.63. The maximum absolute atomic E-state index is 11.6. The minimum atomic E-state index is -0.837. The number of hydrogen-bond acceptors (Lipinski definition) is 3. The van der Waals surface area contributed by atoms with Crippen LogP contribution in [-0.4, -0.2) is 35.0 Å². The van der Waals surface area contributed by atoms with Gasteiger partial charge in [0.1, 0.15) is 0 Å². The summed E-state index contributed by atoms with van der Waals surface area (Å²) in [4.78, 5) is 21.9. The molecule has 1 amide bonds. The van der Waals surface area contributed by atoms with Crippen molar-refractivity contribution in [2.75, 3.05) is 18.1 Å². The van der Waals surface area contributed by atoms with Crippen molar-refractivity contribution in [2.24, 2.45) is 0 Å².